The van der Waals surface area contributed by atoms with Crippen molar-refractivity contribution in [2.24, 2.45) is 5.10 Å². The Morgan fingerprint density at radius 2 is 1.97 bits per heavy atom. The maximum Gasteiger partial charge on any atom is 0.271 e. The molecule has 0 fully saturated rings. The summed E-state index contributed by atoms with van der Waals surface area (Å²) in [6.07, 6.45) is 2.63. The van der Waals surface area contributed by atoms with E-state index in [2.05, 4.69) is 39.0 Å². The average molecular weight is 581 g/mol. The highest BCUT2D eigenvalue weighted by Crippen LogP contribution is 2.38. The number of amides is 1. The van der Waals surface area contributed by atoms with Crippen molar-refractivity contribution in [3.05, 3.63) is 115 Å². The third-order valence-electron chi connectivity index (χ3n) is 6.72. The van der Waals surface area contributed by atoms with Crippen molar-refractivity contribution in [3.8, 4) is 11.5 Å². The summed E-state index contributed by atoms with van der Waals surface area (Å²) in [7, 11) is 0. The molecule has 0 saturated carbocycles. The second-order valence-electron chi connectivity index (χ2n) is 9.27. The van der Waals surface area contributed by atoms with Crippen LogP contribution in [-0.2, 0) is 6.42 Å². The number of thiophene rings is 1. The van der Waals surface area contributed by atoms with Gasteiger partial charge in [-0.15, -0.1) is 11.3 Å². The lowest BCUT2D eigenvalue weighted by molar-refractivity contribution is 0.0955. The van der Waals surface area contributed by atoms with Gasteiger partial charge >= 0.3 is 0 Å². The molecule has 0 radical (unpaired) electrons. The minimum Gasteiger partial charge on any atom is -0.506 e. The SMILES string of the molecule is Cc1cc(OCCN2CCc3sccc3C2c2ccc(Cl)cc2)ccc1/C=N/NC(=O)c1ccc(O)c(Cl)c1. The van der Waals surface area contributed by atoms with Crippen molar-refractivity contribution in [1.82, 2.24) is 10.3 Å². The number of aromatic hydroxyl groups is 1. The first-order valence-electron chi connectivity index (χ1n) is 12.5. The van der Waals surface area contributed by atoms with Gasteiger partial charge in [-0.05, 0) is 95.6 Å². The van der Waals surface area contributed by atoms with Gasteiger partial charge < -0.3 is 9.84 Å². The topological polar surface area (TPSA) is 74.2 Å². The molecule has 2 N–H and O–H groups in total. The lowest BCUT2D eigenvalue weighted by Crippen LogP contribution is -2.38. The predicted octanol–water partition coefficient (Wildman–Crippen LogP) is 6.86. The van der Waals surface area contributed by atoms with E-state index in [1.54, 1.807) is 6.21 Å². The predicted molar refractivity (Wildman–Crippen MR) is 158 cm³/mol. The molecular weight excluding hydrogens is 553 g/mol. The number of hydrogen-bond donors (Lipinski definition) is 2. The summed E-state index contributed by atoms with van der Waals surface area (Å²) in [4.78, 5) is 16.2. The van der Waals surface area contributed by atoms with Crippen LogP contribution in [0.1, 0.15) is 43.5 Å². The molecule has 1 atom stereocenters. The van der Waals surface area contributed by atoms with E-state index in [0.717, 1.165) is 41.4 Å². The molecule has 4 aromatic rings. The minimum atomic E-state index is -0.421. The minimum absolute atomic E-state index is 0.0800. The molecule has 1 aromatic heterocycles. The molecule has 1 amide bonds. The third kappa shape index (κ3) is 6.45. The molecule has 3 aromatic carbocycles. The molecule has 6 nitrogen and oxygen atoms in total. The molecule has 2 heterocycles. The lowest BCUT2D eigenvalue weighted by Gasteiger charge is -2.36. The number of benzene rings is 3. The Labute approximate surface area is 241 Å². The summed E-state index contributed by atoms with van der Waals surface area (Å²) in [5.41, 5.74) is 7.21. The van der Waals surface area contributed by atoms with Crippen molar-refractivity contribution >= 4 is 46.7 Å². The van der Waals surface area contributed by atoms with Crippen LogP contribution in [0, 0.1) is 6.92 Å². The molecule has 0 aliphatic carbocycles. The fourth-order valence-corrected chi connectivity index (χ4v) is 5.89. The van der Waals surface area contributed by atoms with Gasteiger partial charge in [-0.25, -0.2) is 5.43 Å². The number of aryl methyl sites for hydroxylation is 1. The van der Waals surface area contributed by atoms with E-state index in [1.807, 2.05) is 48.6 Å². The van der Waals surface area contributed by atoms with Gasteiger partial charge in [0.1, 0.15) is 18.1 Å². The number of fused-ring (bicyclic) bond motifs is 1. The fourth-order valence-electron chi connectivity index (χ4n) is 4.68. The van der Waals surface area contributed by atoms with Crippen LogP contribution in [0.15, 0.2) is 77.2 Å². The zero-order valence-electron chi connectivity index (χ0n) is 21.2. The van der Waals surface area contributed by atoms with Gasteiger partial charge in [0, 0.05) is 28.6 Å². The van der Waals surface area contributed by atoms with Crippen LogP contribution >= 0.6 is 34.5 Å². The monoisotopic (exact) mass is 579 g/mol. The number of ether oxygens (including phenoxy) is 1. The van der Waals surface area contributed by atoms with E-state index in [1.165, 1.54) is 34.2 Å². The maximum atomic E-state index is 12.3. The summed E-state index contributed by atoms with van der Waals surface area (Å²) >= 11 is 13.8. The highest BCUT2D eigenvalue weighted by atomic mass is 35.5. The third-order valence-corrected chi connectivity index (χ3v) is 8.27. The molecule has 9 heteroatoms. The average Bonchev–Trinajstić information content (AvgIpc) is 3.41. The number of nitrogens with zero attached hydrogens (tertiary/aromatic N) is 2. The van der Waals surface area contributed by atoms with E-state index < -0.39 is 5.91 Å². The van der Waals surface area contributed by atoms with Gasteiger partial charge in [-0.1, -0.05) is 35.3 Å². The van der Waals surface area contributed by atoms with Crippen LogP contribution < -0.4 is 10.2 Å². The molecule has 39 heavy (non-hydrogen) atoms. The Morgan fingerprint density at radius 3 is 2.74 bits per heavy atom. The standard InChI is InChI=1S/C30H27Cl2N3O3S/c1-19-16-24(8-4-22(19)18-33-34-30(37)21-5-9-27(36)26(32)17-21)38-14-13-35-12-10-28-25(11-15-39-28)29(35)20-2-6-23(31)7-3-20/h2-9,11,15-18,29,36H,10,12-14H2,1H3,(H,34,37)/b33-18+. The van der Waals surface area contributed by atoms with E-state index in [0.29, 0.717) is 12.2 Å². The van der Waals surface area contributed by atoms with Gasteiger partial charge in [-0.3, -0.25) is 9.69 Å². The summed E-state index contributed by atoms with van der Waals surface area (Å²) in [5.74, 6) is 0.280. The summed E-state index contributed by atoms with van der Waals surface area (Å²) in [6, 6.07) is 20.6. The number of phenolic OH excluding ortho intramolecular Hbond substituents is 1. The second kappa shape index (κ2) is 12.2. The Kier molecular flexibility index (Phi) is 8.53. The molecule has 1 aliphatic heterocycles. The van der Waals surface area contributed by atoms with Crippen LogP contribution in [0.3, 0.4) is 0 Å². The Morgan fingerprint density at radius 1 is 1.15 bits per heavy atom. The number of nitrogens with one attached hydrogen (secondary N) is 1. The van der Waals surface area contributed by atoms with E-state index in [9.17, 15) is 9.90 Å². The molecule has 5 rings (SSSR count). The molecule has 200 valence electrons. The second-order valence-corrected chi connectivity index (χ2v) is 11.1. The number of halogens is 2. The number of carbonyl (C=O) groups is 1. The smallest absolute Gasteiger partial charge is 0.271 e. The van der Waals surface area contributed by atoms with Gasteiger partial charge in [0.05, 0.1) is 17.3 Å². The quantitative estimate of drug-likeness (QED) is 0.177. The summed E-state index contributed by atoms with van der Waals surface area (Å²) < 4.78 is 6.13. The van der Waals surface area contributed by atoms with Gasteiger partial charge in [0.25, 0.3) is 5.91 Å². The first kappa shape index (κ1) is 27.2. The summed E-state index contributed by atoms with van der Waals surface area (Å²) in [6.45, 7) is 4.29. The molecule has 0 bridgehead atoms. The molecule has 1 aliphatic rings. The molecular formula is C30H27Cl2N3O3S. The van der Waals surface area contributed by atoms with Gasteiger partial charge in [-0.2, -0.15) is 5.10 Å². The zero-order chi connectivity index (χ0) is 27.4. The lowest BCUT2D eigenvalue weighted by atomic mass is 9.93. The Bertz CT molecular complexity index is 1500. The Hall–Kier alpha value is -3.36. The highest BCUT2D eigenvalue weighted by molar-refractivity contribution is 7.10. The first-order chi connectivity index (χ1) is 18.9. The number of phenols is 1. The van der Waals surface area contributed by atoms with Crippen molar-refractivity contribution in [3.63, 3.8) is 0 Å². The van der Waals surface area contributed by atoms with E-state index in [-0.39, 0.29) is 16.8 Å². The number of rotatable bonds is 8. The number of hydrogen-bond acceptors (Lipinski definition) is 6. The van der Waals surface area contributed by atoms with Crippen LogP contribution in [0.25, 0.3) is 0 Å². The van der Waals surface area contributed by atoms with Crippen molar-refractivity contribution < 1.29 is 14.6 Å². The fraction of sp³-hybridized carbons (Fsp3) is 0.200. The number of hydrazone groups is 1. The summed E-state index contributed by atoms with van der Waals surface area (Å²) in [5, 5.41) is 16.6. The molecule has 1 unspecified atom stereocenters. The van der Waals surface area contributed by atoms with E-state index in [4.69, 9.17) is 27.9 Å². The van der Waals surface area contributed by atoms with Crippen LogP contribution in [0.2, 0.25) is 10.0 Å². The molecule has 0 spiro atoms. The first-order valence-corrected chi connectivity index (χ1v) is 14.1. The van der Waals surface area contributed by atoms with Crippen LogP contribution in [-0.4, -0.2) is 41.8 Å². The zero-order valence-corrected chi connectivity index (χ0v) is 23.6. The van der Waals surface area contributed by atoms with Crippen LogP contribution in [0.5, 0.6) is 11.5 Å². The Balaban J connectivity index is 1.18. The maximum absolute atomic E-state index is 12.3. The van der Waals surface area contributed by atoms with E-state index >= 15 is 0 Å². The van der Waals surface area contributed by atoms with Gasteiger partial charge in [0.15, 0.2) is 0 Å². The molecule has 0 saturated heterocycles. The largest absolute Gasteiger partial charge is 0.506 e. The highest BCUT2D eigenvalue weighted by Gasteiger charge is 2.29. The number of carbonyl (C=O) groups excluding carboxylic acids is 1. The van der Waals surface area contributed by atoms with Gasteiger partial charge in [0.2, 0.25) is 0 Å². The van der Waals surface area contributed by atoms with Crippen LogP contribution in [0.4, 0.5) is 0 Å². The normalized spacial score (nSPS) is 15.3. The van der Waals surface area contributed by atoms with Crippen molar-refractivity contribution in [1.29, 1.82) is 0 Å². The van der Waals surface area contributed by atoms with Crippen molar-refractivity contribution in [2.45, 2.75) is 19.4 Å². The van der Waals surface area contributed by atoms with Crippen molar-refractivity contribution in [2.75, 3.05) is 19.7 Å².